The smallest absolute Gasteiger partial charge is 0.349 e. The fourth-order valence-corrected chi connectivity index (χ4v) is 6.21. The lowest BCUT2D eigenvalue weighted by atomic mass is 10.0. The summed E-state index contributed by atoms with van der Waals surface area (Å²) in [5.74, 6) is -1.00. The zero-order valence-corrected chi connectivity index (χ0v) is 28.3. The predicted molar refractivity (Wildman–Crippen MR) is 182 cm³/mol. The van der Waals surface area contributed by atoms with Gasteiger partial charge in [0.05, 0.1) is 33.2 Å². The molecule has 1 fully saturated rings. The number of hydrogen-bond acceptors (Lipinski definition) is 8. The normalized spacial score (nSPS) is 16.7. The Balaban J connectivity index is 1.88. The van der Waals surface area contributed by atoms with Crippen molar-refractivity contribution in [3.8, 4) is 16.9 Å². The van der Waals surface area contributed by atoms with Gasteiger partial charge in [0, 0.05) is 37.7 Å². The van der Waals surface area contributed by atoms with Gasteiger partial charge in [0.1, 0.15) is 11.6 Å². The second-order valence-electron chi connectivity index (χ2n) is 12.4. The van der Waals surface area contributed by atoms with E-state index in [4.69, 9.17) is 16.6 Å². The van der Waals surface area contributed by atoms with Crippen LogP contribution < -0.4 is 15.9 Å². The van der Waals surface area contributed by atoms with Gasteiger partial charge < -0.3 is 9.80 Å². The van der Waals surface area contributed by atoms with E-state index in [1.165, 1.54) is 23.6 Å². The number of pyridine rings is 1. The van der Waals surface area contributed by atoms with Crippen molar-refractivity contribution >= 4 is 46.2 Å². The van der Waals surface area contributed by atoms with Gasteiger partial charge in [0.25, 0.3) is 0 Å². The van der Waals surface area contributed by atoms with Crippen LogP contribution in [0.15, 0.2) is 47.8 Å². The summed E-state index contributed by atoms with van der Waals surface area (Å²) in [7, 11) is 0. The third-order valence-electron chi connectivity index (χ3n) is 8.19. The molecule has 0 aliphatic carbocycles. The second kappa shape index (κ2) is 13.2. The van der Waals surface area contributed by atoms with E-state index in [1.807, 2.05) is 46.4 Å². The molecule has 0 spiro atoms. The van der Waals surface area contributed by atoms with Gasteiger partial charge in [0.2, 0.25) is 17.8 Å². The Hall–Kier alpha value is -4.71. The highest BCUT2D eigenvalue weighted by Crippen LogP contribution is 2.37. The molecule has 2 amide bonds. The van der Waals surface area contributed by atoms with Crippen molar-refractivity contribution in [2.75, 3.05) is 23.3 Å². The Morgan fingerprint density at radius 3 is 2.23 bits per heavy atom. The zero-order valence-electron chi connectivity index (χ0n) is 27.5. The monoisotopic (exact) mass is 660 g/mol. The van der Waals surface area contributed by atoms with Gasteiger partial charge in [-0.15, -0.1) is 0 Å². The number of carbonyl (C=O) groups is 2. The third-order valence-corrected chi connectivity index (χ3v) is 8.48. The summed E-state index contributed by atoms with van der Waals surface area (Å²) in [6.07, 6.45) is 1.29. The molecular formula is C34H38ClFN8O3. The Bertz CT molecular complexity index is 1930. The SMILES string of the molecule is C=CC(=O)N1C[C@H](C)N(c2nc(=O)n(-c3c(C(C)C)nc(NC(C)=O)nc3C(C)C)c3nc(-c4ccccc4F)c(Cl)cc23)C[C@H]1C. The van der Waals surface area contributed by atoms with Gasteiger partial charge in [0.15, 0.2) is 5.65 Å². The van der Waals surface area contributed by atoms with E-state index in [9.17, 15) is 14.4 Å². The van der Waals surface area contributed by atoms with E-state index in [1.54, 1.807) is 29.2 Å². The first-order valence-corrected chi connectivity index (χ1v) is 15.9. The number of amides is 2. The van der Waals surface area contributed by atoms with E-state index in [0.29, 0.717) is 41.4 Å². The van der Waals surface area contributed by atoms with Crippen LogP contribution >= 0.6 is 11.6 Å². The molecular weight excluding hydrogens is 623 g/mol. The summed E-state index contributed by atoms with van der Waals surface area (Å²) in [4.78, 5) is 61.4. The molecule has 4 heterocycles. The number of anilines is 2. The number of aromatic nitrogens is 5. The first-order valence-electron chi connectivity index (χ1n) is 15.5. The van der Waals surface area contributed by atoms with Crippen LogP contribution in [0.5, 0.6) is 0 Å². The summed E-state index contributed by atoms with van der Waals surface area (Å²) in [5.41, 5.74) is 1.23. The number of piperazine rings is 1. The molecule has 1 N–H and O–H groups in total. The molecule has 0 saturated carbocycles. The van der Waals surface area contributed by atoms with E-state index in [2.05, 4.69) is 26.8 Å². The van der Waals surface area contributed by atoms with Gasteiger partial charge >= 0.3 is 5.69 Å². The number of nitrogens with zero attached hydrogens (tertiary/aromatic N) is 7. The van der Waals surface area contributed by atoms with Crippen molar-refractivity contribution in [1.82, 2.24) is 29.4 Å². The van der Waals surface area contributed by atoms with Crippen molar-refractivity contribution < 1.29 is 14.0 Å². The van der Waals surface area contributed by atoms with Crippen molar-refractivity contribution in [3.05, 3.63) is 75.7 Å². The van der Waals surface area contributed by atoms with Crippen molar-refractivity contribution in [2.45, 2.75) is 72.4 Å². The van der Waals surface area contributed by atoms with Gasteiger partial charge in [-0.25, -0.2) is 28.7 Å². The van der Waals surface area contributed by atoms with Crippen LogP contribution in [0.4, 0.5) is 16.2 Å². The summed E-state index contributed by atoms with van der Waals surface area (Å²) < 4.78 is 16.5. The molecule has 1 aliphatic rings. The van der Waals surface area contributed by atoms with E-state index in [0.717, 1.165) is 0 Å². The Morgan fingerprint density at radius 2 is 1.66 bits per heavy atom. The average molecular weight is 661 g/mol. The van der Waals surface area contributed by atoms with E-state index in [-0.39, 0.29) is 63.6 Å². The molecule has 2 atom stereocenters. The Labute approximate surface area is 277 Å². The number of benzene rings is 1. The molecule has 1 saturated heterocycles. The van der Waals surface area contributed by atoms with Crippen molar-refractivity contribution in [1.29, 1.82) is 0 Å². The maximum absolute atomic E-state index is 15.2. The fraction of sp³-hybridized carbons (Fsp3) is 0.382. The van der Waals surface area contributed by atoms with Crippen molar-refractivity contribution in [3.63, 3.8) is 0 Å². The molecule has 1 aromatic carbocycles. The minimum atomic E-state index is -0.647. The van der Waals surface area contributed by atoms with Gasteiger partial charge in [-0.05, 0) is 50.0 Å². The number of nitrogens with one attached hydrogen (secondary N) is 1. The highest BCUT2D eigenvalue weighted by molar-refractivity contribution is 6.33. The first-order chi connectivity index (χ1) is 22.2. The molecule has 47 heavy (non-hydrogen) atoms. The third kappa shape index (κ3) is 6.34. The topological polar surface area (TPSA) is 126 Å². The molecule has 0 radical (unpaired) electrons. The Kier molecular flexibility index (Phi) is 9.44. The van der Waals surface area contributed by atoms with Crippen LogP contribution in [0.3, 0.4) is 0 Å². The number of fused-ring (bicyclic) bond motifs is 1. The quantitative estimate of drug-likeness (QED) is 0.245. The number of halogens is 2. The van der Waals surface area contributed by atoms with E-state index >= 15 is 4.39 Å². The molecule has 5 rings (SSSR count). The highest BCUT2D eigenvalue weighted by atomic mass is 35.5. The van der Waals surface area contributed by atoms with Crippen LogP contribution in [0.2, 0.25) is 5.02 Å². The standard InChI is InChI=1S/C34H38ClFN8O3/c1-9-26(46)42-15-20(7)43(16-19(42)6)31-23-14-24(35)29(22-12-10-11-13-25(22)36)38-32(23)44(34(47)41-31)30-27(17(2)3)39-33(37-21(8)45)40-28(30)18(4)5/h9-14,17-20H,1,15-16H2,2-8H3,(H,37,39,40,45)/t19-,20+/m1/s1. The van der Waals surface area contributed by atoms with Crippen LogP contribution in [0, 0.1) is 5.82 Å². The van der Waals surface area contributed by atoms with E-state index < -0.39 is 11.5 Å². The number of rotatable bonds is 7. The van der Waals surface area contributed by atoms with Crippen LogP contribution in [0.1, 0.15) is 71.7 Å². The lowest BCUT2D eigenvalue weighted by Gasteiger charge is -2.44. The minimum absolute atomic E-state index is 0.119. The van der Waals surface area contributed by atoms with Crippen LogP contribution in [0.25, 0.3) is 28.0 Å². The first kappa shape index (κ1) is 33.6. The molecule has 1 aliphatic heterocycles. The fourth-order valence-electron chi connectivity index (χ4n) is 5.95. The minimum Gasteiger partial charge on any atom is -0.349 e. The summed E-state index contributed by atoms with van der Waals surface area (Å²) >= 11 is 6.85. The lowest BCUT2D eigenvalue weighted by molar-refractivity contribution is -0.128. The maximum atomic E-state index is 15.2. The molecule has 4 aromatic rings. The number of carbonyl (C=O) groups excluding carboxylic acids is 2. The van der Waals surface area contributed by atoms with Gasteiger partial charge in [-0.2, -0.15) is 4.98 Å². The largest absolute Gasteiger partial charge is 0.355 e. The maximum Gasteiger partial charge on any atom is 0.355 e. The molecule has 0 unspecified atom stereocenters. The van der Waals surface area contributed by atoms with Gasteiger partial charge in [-0.3, -0.25) is 14.9 Å². The van der Waals surface area contributed by atoms with Crippen LogP contribution in [-0.4, -0.2) is 66.4 Å². The zero-order chi connectivity index (χ0) is 34.3. The molecule has 13 heteroatoms. The van der Waals surface area contributed by atoms with Crippen molar-refractivity contribution in [2.24, 2.45) is 0 Å². The molecule has 3 aromatic heterocycles. The molecule has 246 valence electrons. The highest BCUT2D eigenvalue weighted by Gasteiger charge is 2.34. The molecule has 0 bridgehead atoms. The second-order valence-corrected chi connectivity index (χ2v) is 12.8. The average Bonchev–Trinajstić information content (AvgIpc) is 3.01. The summed E-state index contributed by atoms with van der Waals surface area (Å²) in [5, 5.41) is 3.29. The Morgan fingerprint density at radius 1 is 1.02 bits per heavy atom. The molecule has 11 nitrogen and oxygen atoms in total. The van der Waals surface area contributed by atoms with Gasteiger partial charge in [-0.1, -0.05) is 58.0 Å². The lowest BCUT2D eigenvalue weighted by Crippen LogP contribution is -2.58. The summed E-state index contributed by atoms with van der Waals surface area (Å²) in [6.45, 7) is 17.3. The predicted octanol–water partition coefficient (Wildman–Crippen LogP) is 5.85. The number of hydrogen-bond donors (Lipinski definition) is 1. The summed E-state index contributed by atoms with van der Waals surface area (Å²) in [6, 6.07) is 7.35. The van der Waals surface area contributed by atoms with Crippen LogP contribution in [-0.2, 0) is 9.59 Å².